The van der Waals surface area contributed by atoms with Crippen LogP contribution in [-0.2, 0) is 6.54 Å². The van der Waals surface area contributed by atoms with Gasteiger partial charge in [-0.3, -0.25) is 9.89 Å². The maximum Gasteiger partial charge on any atom is 0.287 e. The summed E-state index contributed by atoms with van der Waals surface area (Å²) >= 11 is 1.52. The van der Waals surface area contributed by atoms with Gasteiger partial charge in [-0.15, -0.1) is 11.3 Å². The van der Waals surface area contributed by atoms with Crippen LogP contribution in [-0.4, -0.2) is 33.2 Å². The molecule has 9 heteroatoms. The molecule has 2 aromatic carbocycles. The molecule has 0 saturated heterocycles. The van der Waals surface area contributed by atoms with E-state index < -0.39 is 0 Å². The van der Waals surface area contributed by atoms with Gasteiger partial charge in [0.1, 0.15) is 11.6 Å². The van der Waals surface area contributed by atoms with Crippen LogP contribution in [0.25, 0.3) is 32.4 Å². The Bertz CT molecular complexity index is 1320. The summed E-state index contributed by atoms with van der Waals surface area (Å²) in [6.45, 7) is 0.194. The van der Waals surface area contributed by atoms with Crippen LogP contribution in [0.4, 0.5) is 0 Å². The van der Waals surface area contributed by atoms with Gasteiger partial charge < -0.3 is 14.5 Å². The molecular formula is C22H17N5O3S. The molecule has 0 aliphatic rings. The van der Waals surface area contributed by atoms with E-state index in [0.717, 1.165) is 26.5 Å². The lowest BCUT2D eigenvalue weighted by molar-refractivity contribution is 0.0923. The molecule has 5 rings (SSSR count). The average molecular weight is 431 g/mol. The smallest absolute Gasteiger partial charge is 0.287 e. The lowest BCUT2D eigenvalue weighted by Gasteiger charge is -2.00. The van der Waals surface area contributed by atoms with Gasteiger partial charge in [0.05, 0.1) is 23.9 Å². The van der Waals surface area contributed by atoms with Crippen LogP contribution in [0, 0.1) is 0 Å². The van der Waals surface area contributed by atoms with E-state index in [1.54, 1.807) is 19.2 Å². The van der Waals surface area contributed by atoms with E-state index in [4.69, 9.17) is 9.15 Å². The first kappa shape index (κ1) is 19.0. The zero-order valence-corrected chi connectivity index (χ0v) is 17.3. The minimum absolute atomic E-state index is 0.194. The third kappa shape index (κ3) is 3.90. The summed E-state index contributed by atoms with van der Waals surface area (Å²) in [4.78, 5) is 21.5. The van der Waals surface area contributed by atoms with E-state index in [0.29, 0.717) is 17.4 Å². The van der Waals surface area contributed by atoms with Gasteiger partial charge in [0.15, 0.2) is 22.4 Å². The number of aromatic nitrogens is 4. The van der Waals surface area contributed by atoms with E-state index in [-0.39, 0.29) is 18.2 Å². The zero-order chi connectivity index (χ0) is 21.2. The number of carbonyl (C=O) groups excluding carboxylic acids is 1. The maximum atomic E-state index is 12.5. The number of ether oxygens (including phenoxy) is 1. The quantitative estimate of drug-likeness (QED) is 0.416. The van der Waals surface area contributed by atoms with Crippen LogP contribution < -0.4 is 10.1 Å². The molecule has 3 aromatic heterocycles. The van der Waals surface area contributed by atoms with Crippen molar-refractivity contribution in [2.45, 2.75) is 6.54 Å². The highest BCUT2D eigenvalue weighted by Crippen LogP contribution is 2.31. The summed E-state index contributed by atoms with van der Waals surface area (Å²) in [6.07, 6.45) is 0. The van der Waals surface area contributed by atoms with Gasteiger partial charge in [-0.25, -0.2) is 9.97 Å². The minimum atomic E-state index is -0.338. The van der Waals surface area contributed by atoms with Crippen LogP contribution in [0.2, 0.25) is 0 Å². The summed E-state index contributed by atoms with van der Waals surface area (Å²) in [6, 6.07) is 18.7. The number of methoxy groups -OCH3 is 1. The van der Waals surface area contributed by atoms with Gasteiger partial charge in [0, 0.05) is 5.56 Å². The number of carbonyl (C=O) groups is 1. The van der Waals surface area contributed by atoms with Crippen LogP contribution in [0.3, 0.4) is 0 Å². The van der Waals surface area contributed by atoms with Crippen molar-refractivity contribution in [3.63, 3.8) is 0 Å². The number of nitrogens with one attached hydrogen (secondary N) is 2. The van der Waals surface area contributed by atoms with E-state index in [1.807, 2.05) is 48.5 Å². The second kappa shape index (κ2) is 8.04. The van der Waals surface area contributed by atoms with E-state index >= 15 is 0 Å². The molecule has 0 bridgehead atoms. The Morgan fingerprint density at radius 1 is 1.10 bits per heavy atom. The molecule has 154 valence electrons. The second-order valence-electron chi connectivity index (χ2n) is 6.67. The number of aromatic amines is 1. The lowest BCUT2D eigenvalue weighted by atomic mass is 10.2. The van der Waals surface area contributed by atoms with Crippen molar-refractivity contribution < 1.29 is 13.9 Å². The van der Waals surface area contributed by atoms with Crippen LogP contribution in [0.15, 0.2) is 65.1 Å². The lowest BCUT2D eigenvalue weighted by Crippen LogP contribution is -2.22. The Hall–Kier alpha value is -3.98. The van der Waals surface area contributed by atoms with Gasteiger partial charge >= 0.3 is 0 Å². The van der Waals surface area contributed by atoms with Crippen molar-refractivity contribution in [2.24, 2.45) is 0 Å². The standard InChI is InChI=1S/C22H17N5O3S/c1-29-14-8-6-13(7-9-14)20-25-19(26-27-20)12-23-21(28)16-10-11-17(30-16)22-24-15-4-2-3-5-18(15)31-22/h2-11H,12H2,1H3,(H,23,28)(H,25,26,27). The molecule has 8 nitrogen and oxygen atoms in total. The molecule has 1 amide bonds. The topological polar surface area (TPSA) is 106 Å². The summed E-state index contributed by atoms with van der Waals surface area (Å²) in [7, 11) is 1.61. The van der Waals surface area contributed by atoms with Crippen LogP contribution in [0.1, 0.15) is 16.4 Å². The Labute approximate surface area is 180 Å². The van der Waals surface area contributed by atoms with Crippen molar-refractivity contribution >= 4 is 27.5 Å². The Morgan fingerprint density at radius 3 is 2.74 bits per heavy atom. The molecule has 0 aliphatic carbocycles. The second-order valence-corrected chi connectivity index (χ2v) is 7.70. The summed E-state index contributed by atoms with van der Waals surface area (Å²) in [5.74, 6) is 2.28. The molecule has 31 heavy (non-hydrogen) atoms. The molecular weight excluding hydrogens is 414 g/mol. The first-order chi connectivity index (χ1) is 15.2. The van der Waals surface area contributed by atoms with Gasteiger partial charge in [0.25, 0.3) is 5.91 Å². The number of amides is 1. The molecule has 0 spiro atoms. The number of para-hydroxylation sites is 1. The molecule has 0 radical (unpaired) electrons. The SMILES string of the molecule is COc1ccc(-c2n[nH]c(CNC(=O)c3ccc(-c4nc5ccccc5s4)o3)n2)cc1. The summed E-state index contributed by atoms with van der Waals surface area (Å²) in [5, 5.41) is 10.6. The van der Waals surface area contributed by atoms with Crippen molar-refractivity contribution in [2.75, 3.05) is 7.11 Å². The largest absolute Gasteiger partial charge is 0.497 e. The molecule has 0 fully saturated rings. The number of fused-ring (bicyclic) bond motifs is 1. The molecule has 0 unspecified atom stereocenters. The number of rotatable bonds is 6. The van der Waals surface area contributed by atoms with E-state index in [2.05, 4.69) is 25.5 Å². The number of hydrogen-bond donors (Lipinski definition) is 2. The van der Waals surface area contributed by atoms with Crippen molar-refractivity contribution in [3.05, 3.63) is 72.2 Å². The first-order valence-electron chi connectivity index (χ1n) is 9.49. The number of benzene rings is 2. The molecule has 0 saturated carbocycles. The fourth-order valence-electron chi connectivity index (χ4n) is 3.05. The maximum absolute atomic E-state index is 12.5. The summed E-state index contributed by atoms with van der Waals surface area (Å²) < 4.78 is 11.9. The molecule has 0 aliphatic heterocycles. The van der Waals surface area contributed by atoms with Crippen molar-refractivity contribution in [1.82, 2.24) is 25.5 Å². The Kier molecular flexibility index (Phi) is 4.93. The first-order valence-corrected chi connectivity index (χ1v) is 10.3. The van der Waals surface area contributed by atoms with E-state index in [1.165, 1.54) is 11.3 Å². The predicted molar refractivity (Wildman–Crippen MR) is 117 cm³/mol. The number of hydrogen-bond acceptors (Lipinski definition) is 7. The number of thiazole rings is 1. The molecule has 3 heterocycles. The number of furan rings is 1. The third-order valence-corrected chi connectivity index (χ3v) is 5.68. The van der Waals surface area contributed by atoms with Gasteiger partial charge in [-0.1, -0.05) is 12.1 Å². The Balaban J connectivity index is 1.24. The zero-order valence-electron chi connectivity index (χ0n) is 16.5. The van der Waals surface area contributed by atoms with Crippen LogP contribution in [0.5, 0.6) is 5.75 Å². The molecule has 5 aromatic rings. The number of nitrogens with zero attached hydrogens (tertiary/aromatic N) is 3. The number of H-pyrrole nitrogens is 1. The van der Waals surface area contributed by atoms with Gasteiger partial charge in [0.2, 0.25) is 0 Å². The highest BCUT2D eigenvalue weighted by atomic mass is 32.1. The highest BCUT2D eigenvalue weighted by Gasteiger charge is 2.15. The fraction of sp³-hybridized carbons (Fsp3) is 0.0909. The van der Waals surface area contributed by atoms with Gasteiger partial charge in [-0.2, -0.15) is 5.10 Å². The van der Waals surface area contributed by atoms with E-state index in [9.17, 15) is 4.79 Å². The fourth-order valence-corrected chi connectivity index (χ4v) is 3.97. The Morgan fingerprint density at radius 2 is 1.94 bits per heavy atom. The average Bonchev–Trinajstić information content (AvgIpc) is 3.56. The highest BCUT2D eigenvalue weighted by molar-refractivity contribution is 7.21. The predicted octanol–water partition coefficient (Wildman–Crippen LogP) is 4.28. The molecule has 2 N–H and O–H groups in total. The van der Waals surface area contributed by atoms with Gasteiger partial charge in [-0.05, 0) is 48.5 Å². The van der Waals surface area contributed by atoms with Crippen LogP contribution >= 0.6 is 11.3 Å². The summed E-state index contributed by atoms with van der Waals surface area (Å²) in [5.41, 5.74) is 1.75. The normalized spacial score (nSPS) is 11.0. The van der Waals surface area contributed by atoms with Crippen molar-refractivity contribution in [1.29, 1.82) is 0 Å². The van der Waals surface area contributed by atoms with Crippen molar-refractivity contribution in [3.8, 4) is 27.9 Å². The minimum Gasteiger partial charge on any atom is -0.497 e. The third-order valence-electron chi connectivity index (χ3n) is 4.63. The monoisotopic (exact) mass is 431 g/mol. The molecule has 0 atom stereocenters.